The monoisotopic (exact) mass is 258 g/mol. The summed E-state index contributed by atoms with van der Waals surface area (Å²) in [5.74, 6) is -0.104. The van der Waals surface area contributed by atoms with E-state index in [1.54, 1.807) is 14.2 Å². The Morgan fingerprint density at radius 1 is 1.47 bits per heavy atom. The van der Waals surface area contributed by atoms with E-state index in [-0.39, 0.29) is 11.9 Å². The number of carbonyl (C=O) groups excluding carboxylic acids is 1. The lowest BCUT2D eigenvalue weighted by Crippen LogP contribution is -2.31. The van der Waals surface area contributed by atoms with Crippen molar-refractivity contribution < 1.29 is 14.3 Å². The maximum atomic E-state index is 11.4. The maximum Gasteiger partial charge on any atom is 0.317 e. The minimum absolute atomic E-state index is 0.0678. The van der Waals surface area contributed by atoms with E-state index in [1.807, 2.05) is 4.90 Å². The Labute approximate surface area is 106 Å². The summed E-state index contributed by atoms with van der Waals surface area (Å²) in [6, 6.07) is 0.0678. The van der Waals surface area contributed by atoms with Crippen molar-refractivity contribution in [2.75, 3.05) is 33.9 Å². The summed E-state index contributed by atoms with van der Waals surface area (Å²) in [6.45, 7) is 4.61. The van der Waals surface area contributed by atoms with Crippen LogP contribution in [0.2, 0.25) is 5.54 Å². The Balaban J connectivity index is 2.28. The van der Waals surface area contributed by atoms with Gasteiger partial charge in [0, 0.05) is 33.9 Å². The molecule has 6 heteroatoms. The van der Waals surface area contributed by atoms with Crippen LogP contribution in [0.3, 0.4) is 0 Å². The van der Waals surface area contributed by atoms with Gasteiger partial charge in [-0.15, -0.1) is 0 Å². The van der Waals surface area contributed by atoms with E-state index >= 15 is 0 Å². The molecule has 0 aliphatic carbocycles. The molecule has 1 atom stereocenters. The molecule has 0 bridgehead atoms. The molecular formula is C11H22N2O3Si. The second-order valence-electron chi connectivity index (χ2n) is 4.08. The fourth-order valence-corrected chi connectivity index (χ4v) is 3.05. The molecule has 98 valence electrons. The molecule has 2 radical (unpaired) electrons. The van der Waals surface area contributed by atoms with Crippen molar-refractivity contribution in [2.24, 2.45) is 0 Å². The number of carbonyl (C=O) groups is 1. The van der Waals surface area contributed by atoms with Crippen LogP contribution in [0.1, 0.15) is 19.8 Å². The van der Waals surface area contributed by atoms with E-state index in [2.05, 4.69) is 12.2 Å². The van der Waals surface area contributed by atoms with Crippen LogP contribution in [-0.4, -0.2) is 60.2 Å². The van der Waals surface area contributed by atoms with Crippen LogP contribution in [0.15, 0.2) is 0 Å². The Morgan fingerprint density at radius 3 is 2.65 bits per heavy atom. The lowest BCUT2D eigenvalue weighted by Gasteiger charge is -2.22. The fourth-order valence-electron chi connectivity index (χ4n) is 1.87. The molecule has 1 heterocycles. The molecular weight excluding hydrogens is 236 g/mol. The van der Waals surface area contributed by atoms with E-state index in [4.69, 9.17) is 9.47 Å². The molecule has 1 saturated heterocycles. The van der Waals surface area contributed by atoms with E-state index in [9.17, 15) is 4.79 Å². The Bertz CT molecular complexity index is 237. The molecule has 0 spiro atoms. The van der Waals surface area contributed by atoms with Crippen molar-refractivity contribution in [3.8, 4) is 0 Å². The van der Waals surface area contributed by atoms with Gasteiger partial charge in [0.1, 0.15) is 15.4 Å². The summed E-state index contributed by atoms with van der Waals surface area (Å²) < 4.78 is 10.4. The highest BCUT2D eigenvalue weighted by atomic mass is 28.2. The molecule has 1 aliphatic rings. The molecule has 17 heavy (non-hydrogen) atoms. The van der Waals surface area contributed by atoms with Crippen LogP contribution >= 0.6 is 0 Å². The first-order valence-corrected chi connectivity index (χ1v) is 7.21. The van der Waals surface area contributed by atoms with Gasteiger partial charge in [0.05, 0.1) is 0 Å². The molecule has 1 aliphatic heterocycles. The first-order chi connectivity index (χ1) is 8.21. The van der Waals surface area contributed by atoms with Crippen LogP contribution in [0.4, 0.5) is 4.79 Å². The highest BCUT2D eigenvalue weighted by molar-refractivity contribution is 6.38. The number of rotatable bonds is 8. The van der Waals surface area contributed by atoms with Crippen LogP contribution in [0.5, 0.6) is 0 Å². The molecule has 1 rings (SSSR count). The summed E-state index contributed by atoms with van der Waals surface area (Å²) in [5.41, 5.74) is 0.563. The smallest absolute Gasteiger partial charge is 0.317 e. The summed E-state index contributed by atoms with van der Waals surface area (Å²) in [6.07, 6.45) is 2.11. The van der Waals surface area contributed by atoms with Gasteiger partial charge in [0.2, 0.25) is 0 Å². The van der Waals surface area contributed by atoms with Crippen molar-refractivity contribution in [1.29, 1.82) is 0 Å². The number of hydrogen-bond acceptors (Lipinski definition) is 3. The zero-order valence-electron chi connectivity index (χ0n) is 10.9. The molecule has 0 aromatic rings. The summed E-state index contributed by atoms with van der Waals surface area (Å²) >= 11 is 0. The van der Waals surface area contributed by atoms with Crippen molar-refractivity contribution in [2.45, 2.75) is 31.2 Å². The zero-order valence-corrected chi connectivity index (χ0v) is 11.9. The van der Waals surface area contributed by atoms with E-state index in [0.717, 1.165) is 32.5 Å². The number of methoxy groups -OCH3 is 2. The second kappa shape index (κ2) is 7.68. The number of nitrogens with zero attached hydrogens (tertiary/aromatic N) is 1. The fraction of sp³-hybridized carbons (Fsp3) is 0.909. The quantitative estimate of drug-likeness (QED) is 0.519. The van der Waals surface area contributed by atoms with Gasteiger partial charge >= 0.3 is 6.03 Å². The molecule has 1 unspecified atom stereocenters. The van der Waals surface area contributed by atoms with Crippen molar-refractivity contribution in [3.63, 3.8) is 0 Å². The van der Waals surface area contributed by atoms with Crippen molar-refractivity contribution in [1.82, 2.24) is 10.2 Å². The normalized spacial score (nSPS) is 17.6. The average molecular weight is 258 g/mol. The van der Waals surface area contributed by atoms with Gasteiger partial charge in [0.15, 0.2) is 0 Å². The number of hydrogen-bond donors (Lipinski definition) is 1. The standard InChI is InChI=1S/C11H22N2O3Si/c1-4-9(17-11(15-2)16-3)5-7-13-8-6-12-10(13)14/h9,11H,4-8H2,1-3H3,(H,12,14). The van der Waals surface area contributed by atoms with Gasteiger partial charge in [-0.1, -0.05) is 13.3 Å². The lowest BCUT2D eigenvalue weighted by atomic mass is 10.2. The first kappa shape index (κ1) is 14.5. The lowest BCUT2D eigenvalue weighted by molar-refractivity contribution is -0.0449. The van der Waals surface area contributed by atoms with E-state index in [0.29, 0.717) is 15.1 Å². The van der Waals surface area contributed by atoms with Gasteiger partial charge < -0.3 is 19.7 Å². The molecule has 1 N–H and O–H groups in total. The predicted octanol–water partition coefficient (Wildman–Crippen LogP) is 0.881. The highest BCUT2D eigenvalue weighted by Gasteiger charge is 2.22. The molecule has 1 fully saturated rings. The molecule has 0 aromatic carbocycles. The summed E-state index contributed by atoms with van der Waals surface area (Å²) in [5, 5.41) is 2.81. The third-order valence-electron chi connectivity index (χ3n) is 2.99. The molecule has 0 saturated carbocycles. The minimum atomic E-state index is -0.104. The van der Waals surface area contributed by atoms with Gasteiger partial charge in [-0.3, -0.25) is 0 Å². The Kier molecular flexibility index (Phi) is 6.54. The van der Waals surface area contributed by atoms with Gasteiger partial charge in [0.25, 0.3) is 0 Å². The van der Waals surface area contributed by atoms with Crippen molar-refractivity contribution >= 4 is 15.6 Å². The van der Waals surface area contributed by atoms with Gasteiger partial charge in [-0.2, -0.15) is 0 Å². The number of urea groups is 1. The largest absolute Gasteiger partial charge is 0.360 e. The van der Waals surface area contributed by atoms with Gasteiger partial charge in [-0.05, 0) is 12.0 Å². The number of ether oxygens (including phenoxy) is 2. The van der Waals surface area contributed by atoms with Crippen LogP contribution < -0.4 is 5.32 Å². The Morgan fingerprint density at radius 2 is 2.18 bits per heavy atom. The molecule has 5 nitrogen and oxygen atoms in total. The van der Waals surface area contributed by atoms with Crippen LogP contribution in [0.25, 0.3) is 0 Å². The average Bonchev–Trinajstić information content (AvgIpc) is 2.75. The van der Waals surface area contributed by atoms with Gasteiger partial charge in [-0.25, -0.2) is 4.79 Å². The topological polar surface area (TPSA) is 50.8 Å². The van der Waals surface area contributed by atoms with Crippen molar-refractivity contribution in [3.05, 3.63) is 0 Å². The first-order valence-electron chi connectivity index (χ1n) is 6.05. The maximum absolute atomic E-state index is 11.4. The predicted molar refractivity (Wildman–Crippen MR) is 67.2 cm³/mol. The second-order valence-corrected chi connectivity index (χ2v) is 5.70. The van der Waals surface area contributed by atoms with Crippen LogP contribution in [0, 0.1) is 0 Å². The molecule has 0 aromatic heterocycles. The third kappa shape index (κ3) is 4.65. The van der Waals surface area contributed by atoms with Crippen LogP contribution in [-0.2, 0) is 9.47 Å². The molecule has 2 amide bonds. The third-order valence-corrected chi connectivity index (χ3v) is 4.90. The summed E-state index contributed by atoms with van der Waals surface area (Å²) in [4.78, 5) is 13.3. The minimum Gasteiger partial charge on any atom is -0.360 e. The van der Waals surface area contributed by atoms with E-state index in [1.165, 1.54) is 0 Å². The van der Waals surface area contributed by atoms with E-state index < -0.39 is 0 Å². The number of amides is 2. The Hall–Kier alpha value is -0.593. The number of nitrogens with one attached hydrogen (secondary N) is 1. The zero-order chi connectivity index (χ0) is 12.7. The summed E-state index contributed by atoms with van der Waals surface area (Å²) in [7, 11) is 3.96. The SMILES string of the molecule is CCC(CCN1CCNC1=O)[Si]C(OC)OC. The highest BCUT2D eigenvalue weighted by Crippen LogP contribution is 2.17.